The van der Waals surface area contributed by atoms with E-state index in [0.717, 1.165) is 25.1 Å². The highest BCUT2D eigenvalue weighted by atomic mass is 16.5. The van der Waals surface area contributed by atoms with Crippen LogP contribution in [0.3, 0.4) is 0 Å². The van der Waals surface area contributed by atoms with E-state index in [0.29, 0.717) is 0 Å². The van der Waals surface area contributed by atoms with Crippen LogP contribution in [-0.2, 0) is 5.54 Å². The lowest BCUT2D eigenvalue weighted by atomic mass is 9.86. The fourth-order valence-electron chi connectivity index (χ4n) is 2.25. The molecule has 0 aliphatic carbocycles. The molecule has 1 rings (SSSR count). The van der Waals surface area contributed by atoms with E-state index in [4.69, 9.17) is 10.5 Å². The molecule has 0 spiro atoms. The van der Waals surface area contributed by atoms with Crippen molar-refractivity contribution in [2.75, 3.05) is 27.7 Å². The van der Waals surface area contributed by atoms with Gasteiger partial charge in [-0.2, -0.15) is 0 Å². The van der Waals surface area contributed by atoms with Gasteiger partial charge in [0.1, 0.15) is 5.75 Å². The van der Waals surface area contributed by atoms with Gasteiger partial charge in [0.25, 0.3) is 0 Å². The fraction of sp³-hybridized carbons (Fsp3) is 0.571. The minimum atomic E-state index is -0.273. The number of likely N-dealkylation sites (N-methyl/N-ethyl adjacent to an activating group) is 1. The van der Waals surface area contributed by atoms with E-state index in [1.54, 1.807) is 7.11 Å². The van der Waals surface area contributed by atoms with E-state index in [1.165, 1.54) is 5.56 Å². The van der Waals surface area contributed by atoms with E-state index in [2.05, 4.69) is 38.1 Å². The molecule has 0 bridgehead atoms. The molecule has 1 aromatic carbocycles. The van der Waals surface area contributed by atoms with Crippen molar-refractivity contribution in [2.45, 2.75) is 25.3 Å². The van der Waals surface area contributed by atoms with Crippen molar-refractivity contribution in [1.82, 2.24) is 4.90 Å². The van der Waals surface area contributed by atoms with Crippen LogP contribution in [-0.4, -0.2) is 32.6 Å². The smallest absolute Gasteiger partial charge is 0.118 e. The molecular weight excluding hydrogens is 212 g/mol. The number of ether oxygens (including phenoxy) is 1. The Kier molecular flexibility index (Phi) is 4.97. The molecule has 0 saturated heterocycles. The molecule has 1 unspecified atom stereocenters. The quantitative estimate of drug-likeness (QED) is 0.823. The van der Waals surface area contributed by atoms with Crippen LogP contribution in [0.15, 0.2) is 24.3 Å². The summed E-state index contributed by atoms with van der Waals surface area (Å²) in [6.45, 7) is 3.02. The van der Waals surface area contributed by atoms with E-state index in [9.17, 15) is 0 Å². The molecule has 1 atom stereocenters. The van der Waals surface area contributed by atoms with Crippen LogP contribution in [0.4, 0.5) is 0 Å². The van der Waals surface area contributed by atoms with E-state index < -0.39 is 0 Å². The molecule has 1 aromatic rings. The van der Waals surface area contributed by atoms with Gasteiger partial charge in [-0.15, -0.1) is 0 Å². The molecule has 0 fully saturated rings. The monoisotopic (exact) mass is 236 g/mol. The second kappa shape index (κ2) is 6.03. The number of hydrogen-bond donors (Lipinski definition) is 1. The summed E-state index contributed by atoms with van der Waals surface area (Å²) in [5, 5.41) is 0. The first-order chi connectivity index (χ1) is 8.01. The Bertz CT molecular complexity index is 335. The number of nitrogens with zero attached hydrogens (tertiary/aromatic N) is 1. The maximum Gasteiger partial charge on any atom is 0.118 e. The van der Waals surface area contributed by atoms with Crippen molar-refractivity contribution in [3.63, 3.8) is 0 Å². The molecule has 0 aromatic heterocycles. The SMILES string of the molecule is CCCC(N)(CN(C)C)c1ccc(OC)cc1. The fourth-order valence-corrected chi connectivity index (χ4v) is 2.25. The number of rotatable bonds is 6. The summed E-state index contributed by atoms with van der Waals surface area (Å²) in [5.41, 5.74) is 7.44. The summed E-state index contributed by atoms with van der Waals surface area (Å²) in [4.78, 5) is 2.14. The van der Waals surface area contributed by atoms with Gasteiger partial charge in [-0.05, 0) is 38.2 Å². The van der Waals surface area contributed by atoms with Gasteiger partial charge in [-0.3, -0.25) is 0 Å². The summed E-state index contributed by atoms with van der Waals surface area (Å²) in [5.74, 6) is 0.873. The number of nitrogens with two attached hydrogens (primary N) is 1. The molecule has 0 amide bonds. The largest absolute Gasteiger partial charge is 0.497 e. The molecule has 0 radical (unpaired) electrons. The maximum absolute atomic E-state index is 6.54. The molecule has 0 aliphatic rings. The van der Waals surface area contributed by atoms with Crippen molar-refractivity contribution in [1.29, 1.82) is 0 Å². The number of hydrogen-bond acceptors (Lipinski definition) is 3. The Hall–Kier alpha value is -1.06. The van der Waals surface area contributed by atoms with Gasteiger partial charge in [0, 0.05) is 6.54 Å². The van der Waals surface area contributed by atoms with Gasteiger partial charge in [0.2, 0.25) is 0 Å². The van der Waals surface area contributed by atoms with Crippen molar-refractivity contribution in [2.24, 2.45) is 5.73 Å². The van der Waals surface area contributed by atoms with Gasteiger partial charge in [0.05, 0.1) is 12.6 Å². The summed E-state index contributed by atoms with van der Waals surface area (Å²) in [7, 11) is 5.79. The predicted octanol–water partition coefficient (Wildman–Crippen LogP) is 2.21. The van der Waals surface area contributed by atoms with Gasteiger partial charge in [0.15, 0.2) is 0 Å². The minimum absolute atomic E-state index is 0.273. The predicted molar refractivity (Wildman–Crippen MR) is 72.3 cm³/mol. The molecule has 0 heterocycles. The van der Waals surface area contributed by atoms with Crippen molar-refractivity contribution < 1.29 is 4.74 Å². The summed E-state index contributed by atoms with van der Waals surface area (Å²) < 4.78 is 5.17. The van der Waals surface area contributed by atoms with Crippen LogP contribution in [0.1, 0.15) is 25.3 Å². The topological polar surface area (TPSA) is 38.5 Å². The van der Waals surface area contributed by atoms with E-state index in [-0.39, 0.29) is 5.54 Å². The lowest BCUT2D eigenvalue weighted by Crippen LogP contribution is -2.45. The third kappa shape index (κ3) is 3.72. The molecule has 3 heteroatoms. The Morgan fingerprint density at radius 2 is 1.82 bits per heavy atom. The van der Waals surface area contributed by atoms with Crippen LogP contribution < -0.4 is 10.5 Å². The van der Waals surface area contributed by atoms with Gasteiger partial charge in [-0.25, -0.2) is 0 Å². The minimum Gasteiger partial charge on any atom is -0.497 e. The molecule has 0 saturated carbocycles. The first-order valence-corrected chi connectivity index (χ1v) is 6.10. The number of benzene rings is 1. The standard InChI is InChI=1S/C14H24N2O/c1-5-10-14(15,11-16(2)3)12-6-8-13(17-4)9-7-12/h6-9H,5,10-11,15H2,1-4H3. The van der Waals surface area contributed by atoms with Gasteiger partial charge >= 0.3 is 0 Å². The molecule has 96 valence electrons. The third-order valence-electron chi connectivity index (χ3n) is 2.96. The van der Waals surface area contributed by atoms with Crippen LogP contribution in [0.25, 0.3) is 0 Å². The normalized spacial score (nSPS) is 14.7. The van der Waals surface area contributed by atoms with E-state index in [1.807, 2.05) is 12.1 Å². The van der Waals surface area contributed by atoms with Crippen LogP contribution in [0.5, 0.6) is 5.75 Å². The molecule has 0 aliphatic heterocycles. The van der Waals surface area contributed by atoms with Crippen LogP contribution >= 0.6 is 0 Å². The zero-order chi connectivity index (χ0) is 12.9. The first kappa shape index (κ1) is 14.0. The second-order valence-electron chi connectivity index (χ2n) is 4.87. The third-order valence-corrected chi connectivity index (χ3v) is 2.96. The highest BCUT2D eigenvalue weighted by Gasteiger charge is 2.26. The Morgan fingerprint density at radius 3 is 2.24 bits per heavy atom. The Morgan fingerprint density at radius 1 is 1.24 bits per heavy atom. The summed E-state index contributed by atoms with van der Waals surface area (Å²) >= 11 is 0. The average molecular weight is 236 g/mol. The Labute approximate surface area is 105 Å². The van der Waals surface area contributed by atoms with Gasteiger partial charge in [-0.1, -0.05) is 25.5 Å². The zero-order valence-electron chi connectivity index (χ0n) is 11.4. The molecule has 3 nitrogen and oxygen atoms in total. The van der Waals surface area contributed by atoms with Crippen LogP contribution in [0.2, 0.25) is 0 Å². The summed E-state index contributed by atoms with van der Waals surface area (Å²) in [6.07, 6.45) is 2.06. The lowest BCUT2D eigenvalue weighted by molar-refractivity contribution is 0.269. The molecule has 17 heavy (non-hydrogen) atoms. The van der Waals surface area contributed by atoms with E-state index >= 15 is 0 Å². The number of methoxy groups -OCH3 is 1. The zero-order valence-corrected chi connectivity index (χ0v) is 11.4. The summed E-state index contributed by atoms with van der Waals surface area (Å²) in [6, 6.07) is 8.08. The Balaban J connectivity index is 2.95. The highest BCUT2D eigenvalue weighted by molar-refractivity contribution is 5.32. The molecular formula is C14H24N2O. The first-order valence-electron chi connectivity index (χ1n) is 6.10. The van der Waals surface area contributed by atoms with Crippen molar-refractivity contribution in [3.05, 3.63) is 29.8 Å². The second-order valence-corrected chi connectivity index (χ2v) is 4.87. The van der Waals surface area contributed by atoms with Crippen LogP contribution in [0, 0.1) is 0 Å². The highest BCUT2D eigenvalue weighted by Crippen LogP contribution is 2.26. The van der Waals surface area contributed by atoms with Gasteiger partial charge < -0.3 is 15.4 Å². The average Bonchev–Trinajstić information content (AvgIpc) is 2.28. The lowest BCUT2D eigenvalue weighted by Gasteiger charge is -2.32. The van der Waals surface area contributed by atoms with Crippen molar-refractivity contribution in [3.8, 4) is 5.75 Å². The molecule has 2 N–H and O–H groups in total. The maximum atomic E-state index is 6.54. The van der Waals surface area contributed by atoms with Crippen molar-refractivity contribution >= 4 is 0 Å².